The topological polar surface area (TPSA) is 91.8 Å². The molecule has 1 aromatic heterocycles. The van der Waals surface area contributed by atoms with Gasteiger partial charge in [0, 0.05) is 17.6 Å². The normalized spacial score (nSPS) is 11.9. The lowest BCUT2D eigenvalue weighted by molar-refractivity contribution is 0.0730. The molecule has 0 radical (unpaired) electrons. The van der Waals surface area contributed by atoms with Crippen molar-refractivity contribution in [2.24, 2.45) is 10.9 Å². The molecule has 0 unspecified atom stereocenters. The number of benzene rings is 1. The third-order valence-electron chi connectivity index (χ3n) is 3.22. The van der Waals surface area contributed by atoms with Crippen LogP contribution in [0, 0.1) is 0 Å². The number of nitrogens with zero attached hydrogens (tertiary/aromatic N) is 3. The summed E-state index contributed by atoms with van der Waals surface area (Å²) < 4.78 is 0. The van der Waals surface area contributed by atoms with Gasteiger partial charge in [-0.25, -0.2) is 0 Å². The van der Waals surface area contributed by atoms with E-state index < -0.39 is 0 Å². The minimum Gasteiger partial charge on any atom is -0.409 e. The zero-order valence-corrected chi connectivity index (χ0v) is 12.0. The highest BCUT2D eigenvalue weighted by Gasteiger charge is 2.22. The molecular weight excluding hydrogens is 268 g/mol. The zero-order chi connectivity index (χ0) is 15.4. The van der Waals surface area contributed by atoms with Crippen molar-refractivity contribution in [3.8, 4) is 0 Å². The Balaban J connectivity index is 2.44. The molecule has 0 aliphatic carbocycles. The van der Waals surface area contributed by atoms with Crippen molar-refractivity contribution in [1.29, 1.82) is 0 Å². The molecule has 21 heavy (non-hydrogen) atoms. The quantitative estimate of drug-likeness (QED) is 0.388. The van der Waals surface area contributed by atoms with Crippen LogP contribution in [0.3, 0.4) is 0 Å². The van der Waals surface area contributed by atoms with Crippen LogP contribution in [0.4, 0.5) is 0 Å². The lowest BCUT2D eigenvalue weighted by Gasteiger charge is -2.26. The molecule has 1 aromatic carbocycles. The first-order valence-corrected chi connectivity index (χ1v) is 6.65. The minimum absolute atomic E-state index is 0.0164. The lowest BCUT2D eigenvalue weighted by Crippen LogP contribution is -2.43. The number of amides is 1. The molecule has 0 aliphatic heterocycles. The predicted molar refractivity (Wildman–Crippen MR) is 81.3 cm³/mol. The summed E-state index contributed by atoms with van der Waals surface area (Å²) in [6.07, 6.45) is 1.61. The summed E-state index contributed by atoms with van der Waals surface area (Å²) in [4.78, 5) is 18.4. The van der Waals surface area contributed by atoms with Crippen molar-refractivity contribution in [2.45, 2.75) is 19.9 Å². The van der Waals surface area contributed by atoms with Gasteiger partial charge < -0.3 is 15.8 Å². The van der Waals surface area contributed by atoms with Gasteiger partial charge in [-0.1, -0.05) is 29.4 Å². The smallest absolute Gasteiger partial charge is 0.273 e. The van der Waals surface area contributed by atoms with Crippen LogP contribution in [0.25, 0.3) is 10.8 Å². The highest BCUT2D eigenvalue weighted by molar-refractivity contribution is 6.06. The third-order valence-corrected chi connectivity index (χ3v) is 3.22. The number of hydrogen-bond acceptors (Lipinski definition) is 4. The molecule has 6 nitrogen and oxygen atoms in total. The fourth-order valence-corrected chi connectivity index (χ4v) is 2.12. The molecule has 0 fully saturated rings. The molecule has 2 aromatic rings. The molecule has 3 N–H and O–H groups in total. The molecule has 0 atom stereocenters. The Bertz CT molecular complexity index is 677. The molecule has 0 aliphatic rings. The lowest BCUT2D eigenvalue weighted by atomic mass is 10.1. The number of carbonyl (C=O) groups excluding carboxylic acids is 1. The van der Waals surface area contributed by atoms with Gasteiger partial charge in [-0.05, 0) is 25.3 Å². The van der Waals surface area contributed by atoms with Gasteiger partial charge in [0.05, 0.1) is 6.54 Å². The number of oxime groups is 1. The standard InChI is InChI=1S/C15H18N4O2/c1-10(2)19(9-13(16)18-21)15(20)14-12-6-4-3-5-11(12)7-8-17-14/h3-8,10,21H,9H2,1-2H3,(H2,16,18). The average Bonchev–Trinajstić information content (AvgIpc) is 2.50. The van der Waals surface area contributed by atoms with E-state index in [4.69, 9.17) is 10.9 Å². The summed E-state index contributed by atoms with van der Waals surface area (Å²) in [6.45, 7) is 3.79. The second-order valence-corrected chi connectivity index (χ2v) is 5.00. The first-order chi connectivity index (χ1) is 10.0. The molecule has 0 saturated heterocycles. The first-order valence-electron chi connectivity index (χ1n) is 6.65. The van der Waals surface area contributed by atoms with Gasteiger partial charge in [-0.15, -0.1) is 0 Å². The van der Waals surface area contributed by atoms with E-state index in [1.165, 1.54) is 4.90 Å². The minimum atomic E-state index is -0.242. The summed E-state index contributed by atoms with van der Waals surface area (Å²) in [5.74, 6) is -0.259. The van der Waals surface area contributed by atoms with Gasteiger partial charge in [0.1, 0.15) is 5.69 Å². The van der Waals surface area contributed by atoms with Crippen LogP contribution in [0.2, 0.25) is 0 Å². The molecule has 0 saturated carbocycles. The monoisotopic (exact) mass is 286 g/mol. The maximum atomic E-state index is 12.7. The van der Waals surface area contributed by atoms with Crippen LogP contribution in [-0.4, -0.2) is 39.4 Å². The molecule has 1 heterocycles. The summed E-state index contributed by atoms with van der Waals surface area (Å²) in [5.41, 5.74) is 5.89. The maximum Gasteiger partial charge on any atom is 0.273 e. The van der Waals surface area contributed by atoms with Crippen LogP contribution < -0.4 is 5.73 Å². The molecule has 2 rings (SSSR count). The predicted octanol–water partition coefficient (Wildman–Crippen LogP) is 1.83. The largest absolute Gasteiger partial charge is 0.409 e. The van der Waals surface area contributed by atoms with Gasteiger partial charge in [0.2, 0.25) is 0 Å². The van der Waals surface area contributed by atoms with E-state index in [1.807, 2.05) is 44.2 Å². The summed E-state index contributed by atoms with van der Waals surface area (Å²) in [7, 11) is 0. The molecule has 0 bridgehead atoms. The average molecular weight is 286 g/mol. The molecule has 0 spiro atoms. The summed E-state index contributed by atoms with van der Waals surface area (Å²) in [6, 6.07) is 9.32. The Morgan fingerprint density at radius 1 is 1.38 bits per heavy atom. The van der Waals surface area contributed by atoms with E-state index in [0.717, 1.165) is 10.8 Å². The number of rotatable bonds is 4. The van der Waals surface area contributed by atoms with Gasteiger partial charge >= 0.3 is 0 Å². The number of amidine groups is 1. The van der Waals surface area contributed by atoms with Crippen molar-refractivity contribution in [3.63, 3.8) is 0 Å². The highest BCUT2D eigenvalue weighted by atomic mass is 16.4. The van der Waals surface area contributed by atoms with Gasteiger partial charge in [0.25, 0.3) is 5.91 Å². The van der Waals surface area contributed by atoms with Crippen molar-refractivity contribution >= 4 is 22.5 Å². The van der Waals surface area contributed by atoms with Gasteiger partial charge in [-0.3, -0.25) is 9.78 Å². The Labute approximate surface area is 122 Å². The number of nitrogens with two attached hydrogens (primary N) is 1. The molecule has 110 valence electrons. The van der Waals surface area contributed by atoms with Gasteiger partial charge in [0.15, 0.2) is 5.84 Å². The Hall–Kier alpha value is -2.63. The van der Waals surface area contributed by atoms with Crippen LogP contribution in [0.1, 0.15) is 24.3 Å². The van der Waals surface area contributed by atoms with Crippen molar-refractivity contribution in [1.82, 2.24) is 9.88 Å². The fourth-order valence-electron chi connectivity index (χ4n) is 2.12. The number of fused-ring (bicyclic) bond motifs is 1. The third kappa shape index (κ3) is 3.10. The zero-order valence-electron chi connectivity index (χ0n) is 12.0. The number of hydrogen-bond donors (Lipinski definition) is 2. The Morgan fingerprint density at radius 3 is 2.76 bits per heavy atom. The van der Waals surface area contributed by atoms with E-state index in [0.29, 0.717) is 5.69 Å². The van der Waals surface area contributed by atoms with Crippen molar-refractivity contribution in [2.75, 3.05) is 6.54 Å². The number of aromatic nitrogens is 1. The fraction of sp³-hybridized carbons (Fsp3) is 0.267. The van der Waals surface area contributed by atoms with Crippen LogP contribution in [-0.2, 0) is 0 Å². The molecular formula is C15H18N4O2. The Kier molecular flexibility index (Phi) is 4.37. The van der Waals surface area contributed by atoms with E-state index >= 15 is 0 Å². The first kappa shape index (κ1) is 14.8. The Morgan fingerprint density at radius 2 is 2.10 bits per heavy atom. The SMILES string of the molecule is CC(C)N(CC(N)=NO)C(=O)c1nccc2ccccc12. The van der Waals surface area contributed by atoms with E-state index in [9.17, 15) is 4.79 Å². The number of carbonyl (C=O) groups is 1. The van der Waals surface area contributed by atoms with Crippen LogP contribution in [0.5, 0.6) is 0 Å². The van der Waals surface area contributed by atoms with Crippen LogP contribution >= 0.6 is 0 Å². The van der Waals surface area contributed by atoms with E-state index in [-0.39, 0.29) is 24.3 Å². The van der Waals surface area contributed by atoms with Gasteiger partial charge in [-0.2, -0.15) is 0 Å². The summed E-state index contributed by atoms with van der Waals surface area (Å²) >= 11 is 0. The number of pyridine rings is 1. The maximum absolute atomic E-state index is 12.7. The summed E-state index contributed by atoms with van der Waals surface area (Å²) in [5, 5.41) is 13.4. The van der Waals surface area contributed by atoms with Crippen LogP contribution in [0.15, 0.2) is 41.7 Å². The van der Waals surface area contributed by atoms with Crippen molar-refractivity contribution < 1.29 is 10.0 Å². The second-order valence-electron chi connectivity index (χ2n) is 5.00. The second kappa shape index (κ2) is 6.21. The molecule has 6 heteroatoms. The molecule has 1 amide bonds. The van der Waals surface area contributed by atoms with E-state index in [1.54, 1.807) is 6.20 Å². The van der Waals surface area contributed by atoms with E-state index in [2.05, 4.69) is 10.1 Å². The van der Waals surface area contributed by atoms with Crippen molar-refractivity contribution in [3.05, 3.63) is 42.2 Å². The highest BCUT2D eigenvalue weighted by Crippen LogP contribution is 2.18.